The Morgan fingerprint density at radius 3 is 2.69 bits per heavy atom. The molecule has 1 aromatic rings. The van der Waals surface area contributed by atoms with Crippen LogP contribution in [0.2, 0.25) is 0 Å². The first-order valence-corrected chi connectivity index (χ1v) is 5.54. The SMILES string of the molecule is Cc1ncc([N+](=O)[O-])n1CCS(=O)(=O)O.[Ba+2].[H-].[H-]. The zero-order valence-electron chi connectivity index (χ0n) is 10.5. The van der Waals surface area contributed by atoms with E-state index in [0.717, 1.165) is 10.8 Å². The van der Waals surface area contributed by atoms with Crippen LogP contribution in [0.15, 0.2) is 6.20 Å². The van der Waals surface area contributed by atoms with Crippen molar-refractivity contribution >= 4 is 64.8 Å². The summed E-state index contributed by atoms with van der Waals surface area (Å²) in [4.78, 5) is 13.5. The molecule has 0 aromatic carbocycles. The molecule has 0 saturated carbocycles. The van der Waals surface area contributed by atoms with Gasteiger partial charge in [0.25, 0.3) is 10.1 Å². The van der Waals surface area contributed by atoms with Gasteiger partial charge in [0, 0.05) is 6.92 Å². The van der Waals surface area contributed by atoms with Crippen LogP contribution in [0.3, 0.4) is 0 Å². The number of imidazole rings is 1. The van der Waals surface area contributed by atoms with E-state index in [1.54, 1.807) is 0 Å². The van der Waals surface area contributed by atoms with Crippen LogP contribution >= 0.6 is 0 Å². The molecule has 0 spiro atoms. The minimum atomic E-state index is -4.13. The molecule has 0 aliphatic rings. The first-order valence-electron chi connectivity index (χ1n) is 3.93. The second-order valence-electron chi connectivity index (χ2n) is 2.86. The van der Waals surface area contributed by atoms with E-state index in [9.17, 15) is 18.5 Å². The summed E-state index contributed by atoms with van der Waals surface area (Å²) < 4.78 is 30.6. The molecule has 88 valence electrons. The summed E-state index contributed by atoms with van der Waals surface area (Å²) >= 11 is 0. The fraction of sp³-hybridized carbons (Fsp3) is 0.500. The average molecular weight is 375 g/mol. The van der Waals surface area contributed by atoms with Crippen LogP contribution in [0.1, 0.15) is 8.68 Å². The van der Waals surface area contributed by atoms with E-state index < -0.39 is 20.8 Å². The van der Waals surface area contributed by atoms with Gasteiger partial charge < -0.3 is 13.0 Å². The zero-order valence-corrected chi connectivity index (χ0v) is 13.8. The summed E-state index contributed by atoms with van der Waals surface area (Å²) in [7, 11) is -4.13. The van der Waals surface area contributed by atoms with Crippen molar-refractivity contribution < 1.29 is 20.7 Å². The Labute approximate surface area is 135 Å². The minimum Gasteiger partial charge on any atom is -1.00 e. The quantitative estimate of drug-likeness (QED) is 0.339. The molecule has 1 N–H and O–H groups in total. The molecule has 0 aliphatic carbocycles. The molecule has 0 fully saturated rings. The maximum Gasteiger partial charge on any atom is 2.00 e. The Bertz CT molecular complexity index is 491. The number of hydrogen-bond acceptors (Lipinski definition) is 5. The van der Waals surface area contributed by atoms with Crippen molar-refractivity contribution in [2.45, 2.75) is 13.5 Å². The number of aromatic nitrogens is 2. The molecule has 0 bridgehead atoms. The molecule has 10 heteroatoms. The van der Waals surface area contributed by atoms with Gasteiger partial charge in [-0.3, -0.25) is 4.55 Å². The van der Waals surface area contributed by atoms with Crippen molar-refractivity contribution in [1.82, 2.24) is 9.55 Å². The van der Waals surface area contributed by atoms with Crippen molar-refractivity contribution in [3.63, 3.8) is 0 Å². The maximum atomic E-state index is 10.5. The van der Waals surface area contributed by atoms with Gasteiger partial charge in [-0.15, -0.1) is 0 Å². The maximum absolute atomic E-state index is 10.5. The van der Waals surface area contributed by atoms with Crippen molar-refractivity contribution in [3.8, 4) is 0 Å². The Morgan fingerprint density at radius 1 is 1.69 bits per heavy atom. The van der Waals surface area contributed by atoms with Gasteiger partial charge >= 0.3 is 54.7 Å². The van der Waals surface area contributed by atoms with Crippen LogP contribution in [-0.4, -0.2) is 82.1 Å². The van der Waals surface area contributed by atoms with Crippen LogP contribution in [0.5, 0.6) is 0 Å². The molecule has 1 rings (SSSR count). The monoisotopic (exact) mass is 375 g/mol. The Morgan fingerprint density at radius 2 is 2.25 bits per heavy atom. The van der Waals surface area contributed by atoms with Crippen molar-refractivity contribution in [2.75, 3.05) is 5.75 Å². The molecular formula is C6H11BaN3O5S. The number of rotatable bonds is 4. The number of nitro groups is 1. The molecule has 16 heavy (non-hydrogen) atoms. The normalized spacial score (nSPS) is 10.9. The van der Waals surface area contributed by atoms with E-state index in [1.807, 2.05) is 0 Å². The van der Waals surface area contributed by atoms with Gasteiger partial charge in [0.15, 0.2) is 5.82 Å². The predicted octanol–water partition coefficient (Wildman–Crippen LogP) is -0.168. The van der Waals surface area contributed by atoms with Crippen molar-refractivity contribution in [3.05, 3.63) is 22.1 Å². The van der Waals surface area contributed by atoms with Gasteiger partial charge in [0.2, 0.25) is 0 Å². The summed E-state index contributed by atoms with van der Waals surface area (Å²) in [5.74, 6) is -0.549. The van der Waals surface area contributed by atoms with Gasteiger partial charge in [-0.1, -0.05) is 0 Å². The predicted molar refractivity (Wildman–Crippen MR) is 58.0 cm³/mol. The third-order valence-corrected chi connectivity index (χ3v) is 2.49. The molecule has 0 saturated heterocycles. The molecule has 0 amide bonds. The molecule has 1 aromatic heterocycles. The van der Waals surface area contributed by atoms with Gasteiger partial charge in [0.1, 0.15) is 18.5 Å². The molecule has 0 atom stereocenters. The summed E-state index contributed by atoms with van der Waals surface area (Å²) in [6, 6.07) is 0. The molecule has 0 unspecified atom stereocenters. The van der Waals surface area contributed by atoms with E-state index >= 15 is 0 Å². The van der Waals surface area contributed by atoms with Gasteiger partial charge in [-0.05, 0) is 4.92 Å². The third-order valence-electron chi connectivity index (χ3n) is 1.79. The summed E-state index contributed by atoms with van der Waals surface area (Å²) in [6.45, 7) is 1.32. The van der Waals surface area contributed by atoms with Crippen molar-refractivity contribution in [2.24, 2.45) is 0 Å². The van der Waals surface area contributed by atoms with Gasteiger partial charge in [-0.2, -0.15) is 8.42 Å². The zero-order chi connectivity index (χ0) is 11.6. The smallest absolute Gasteiger partial charge is 1.00 e. The molecular weight excluding hydrogens is 363 g/mol. The summed E-state index contributed by atoms with van der Waals surface area (Å²) in [6.07, 6.45) is 1.04. The fourth-order valence-electron chi connectivity index (χ4n) is 1.09. The van der Waals surface area contributed by atoms with E-state index in [0.29, 0.717) is 5.82 Å². The Kier molecular flexibility index (Phi) is 6.18. The van der Waals surface area contributed by atoms with E-state index in [-0.39, 0.29) is 64.1 Å². The van der Waals surface area contributed by atoms with Crippen LogP contribution in [0.25, 0.3) is 0 Å². The number of nitrogens with zero attached hydrogens (tertiary/aromatic N) is 3. The van der Waals surface area contributed by atoms with Crippen LogP contribution in [0, 0.1) is 17.0 Å². The topological polar surface area (TPSA) is 115 Å². The average Bonchev–Trinajstić information content (AvgIpc) is 2.42. The second kappa shape index (κ2) is 6.14. The fourth-order valence-corrected chi connectivity index (χ4v) is 1.50. The summed E-state index contributed by atoms with van der Waals surface area (Å²) in [5, 5.41) is 10.5. The molecule has 0 radical (unpaired) electrons. The minimum absolute atomic E-state index is 0. The first-order chi connectivity index (χ1) is 6.81. The van der Waals surface area contributed by atoms with Crippen LogP contribution in [-0.2, 0) is 16.7 Å². The Hall–Kier alpha value is 0.0914. The van der Waals surface area contributed by atoms with Gasteiger partial charge in [0.05, 0.1) is 0 Å². The largest absolute Gasteiger partial charge is 2.00 e. The third kappa shape index (κ3) is 4.53. The standard InChI is InChI=1S/C6H9N3O5S.Ba.2H/c1-5-7-4-6(9(10)11)8(5)2-3-15(12,13)14;;;/h4H,2-3H2,1H3,(H,12,13,14);;;/q;+2;2*-1. The first kappa shape index (κ1) is 16.1. The van der Waals surface area contributed by atoms with Crippen molar-refractivity contribution in [1.29, 1.82) is 0 Å². The molecule has 0 aliphatic heterocycles. The number of aryl methyl sites for hydroxylation is 1. The summed E-state index contributed by atoms with van der Waals surface area (Å²) in [5.41, 5.74) is 0. The van der Waals surface area contributed by atoms with Crippen LogP contribution in [0.4, 0.5) is 5.82 Å². The second-order valence-corrected chi connectivity index (χ2v) is 4.43. The van der Waals surface area contributed by atoms with E-state index in [2.05, 4.69) is 4.98 Å². The Balaban J connectivity index is -0.000000750. The molecule has 1 heterocycles. The van der Waals surface area contributed by atoms with Gasteiger partial charge in [-0.25, -0.2) is 9.55 Å². The van der Waals surface area contributed by atoms with E-state index in [1.165, 1.54) is 6.92 Å². The van der Waals surface area contributed by atoms with E-state index in [4.69, 9.17) is 4.55 Å². The van der Waals surface area contributed by atoms with Crippen LogP contribution < -0.4 is 0 Å². The molecule has 8 nitrogen and oxygen atoms in total. The number of hydrogen-bond donors (Lipinski definition) is 1.